The molecule has 1 saturated carbocycles. The van der Waals surface area contributed by atoms with Crippen molar-refractivity contribution in [3.63, 3.8) is 0 Å². The van der Waals surface area contributed by atoms with E-state index in [4.69, 9.17) is 0 Å². The molecule has 1 aliphatic heterocycles. The first-order chi connectivity index (χ1) is 7.72. The molecular weight excluding hydrogens is 198 g/mol. The van der Waals surface area contributed by atoms with E-state index in [0.717, 1.165) is 12.1 Å². The lowest BCUT2D eigenvalue weighted by Crippen LogP contribution is -2.51. The molecular formula is C13H27N3. The Morgan fingerprint density at radius 2 is 1.94 bits per heavy atom. The van der Waals surface area contributed by atoms with Crippen LogP contribution in [0.1, 0.15) is 32.6 Å². The van der Waals surface area contributed by atoms with Crippen molar-refractivity contribution >= 4 is 0 Å². The van der Waals surface area contributed by atoms with Gasteiger partial charge in [0.25, 0.3) is 0 Å². The maximum atomic E-state index is 3.51. The number of hydrogen-bond donors (Lipinski definition) is 1. The summed E-state index contributed by atoms with van der Waals surface area (Å²) >= 11 is 0. The van der Waals surface area contributed by atoms with Gasteiger partial charge in [0.15, 0.2) is 0 Å². The highest BCUT2D eigenvalue weighted by atomic mass is 15.3. The van der Waals surface area contributed by atoms with E-state index in [1.54, 1.807) is 0 Å². The Bertz CT molecular complexity index is 219. The summed E-state index contributed by atoms with van der Waals surface area (Å²) in [6.07, 6.45) is 5.47. The minimum absolute atomic E-state index is 0.714. The van der Waals surface area contributed by atoms with E-state index in [2.05, 4.69) is 36.1 Å². The fraction of sp³-hybridized carbons (Fsp3) is 1.00. The molecule has 2 rings (SSSR count). The predicted octanol–water partition coefficient (Wildman–Crippen LogP) is 1.15. The van der Waals surface area contributed by atoms with Gasteiger partial charge >= 0.3 is 0 Å². The average Bonchev–Trinajstić information content (AvgIpc) is 2.65. The van der Waals surface area contributed by atoms with Crippen LogP contribution < -0.4 is 5.32 Å². The maximum absolute atomic E-state index is 3.51. The topological polar surface area (TPSA) is 18.5 Å². The fourth-order valence-electron chi connectivity index (χ4n) is 3.56. The van der Waals surface area contributed by atoms with Gasteiger partial charge in [0.2, 0.25) is 0 Å². The summed E-state index contributed by atoms with van der Waals surface area (Å²) in [5.41, 5.74) is 0. The van der Waals surface area contributed by atoms with Crippen molar-refractivity contribution in [2.45, 2.75) is 50.7 Å². The fourth-order valence-corrected chi connectivity index (χ4v) is 3.56. The van der Waals surface area contributed by atoms with Gasteiger partial charge in [-0.05, 0) is 46.8 Å². The molecule has 0 aromatic heterocycles. The van der Waals surface area contributed by atoms with Crippen LogP contribution in [0.15, 0.2) is 0 Å². The van der Waals surface area contributed by atoms with Crippen LogP contribution in [0.25, 0.3) is 0 Å². The van der Waals surface area contributed by atoms with Crippen LogP contribution >= 0.6 is 0 Å². The molecule has 0 bridgehead atoms. The second-order valence-corrected chi connectivity index (χ2v) is 5.60. The van der Waals surface area contributed by atoms with E-state index in [1.165, 1.54) is 45.3 Å². The molecule has 3 atom stereocenters. The quantitative estimate of drug-likeness (QED) is 0.760. The monoisotopic (exact) mass is 225 g/mol. The summed E-state index contributed by atoms with van der Waals surface area (Å²) in [4.78, 5) is 5.24. The molecule has 2 aliphatic rings. The molecule has 1 saturated heterocycles. The number of rotatable bonds is 2. The van der Waals surface area contributed by atoms with Crippen LogP contribution in [0.3, 0.4) is 0 Å². The smallest absolute Gasteiger partial charge is 0.0252 e. The Kier molecular flexibility index (Phi) is 4.22. The zero-order valence-electron chi connectivity index (χ0n) is 11.1. The van der Waals surface area contributed by atoms with E-state index >= 15 is 0 Å². The van der Waals surface area contributed by atoms with Crippen LogP contribution in [0.4, 0.5) is 0 Å². The zero-order valence-corrected chi connectivity index (χ0v) is 11.1. The van der Waals surface area contributed by atoms with Gasteiger partial charge in [0.05, 0.1) is 0 Å². The van der Waals surface area contributed by atoms with E-state index < -0.39 is 0 Å². The summed E-state index contributed by atoms with van der Waals surface area (Å²) in [7, 11) is 4.38. The second kappa shape index (κ2) is 5.48. The first-order valence-electron chi connectivity index (χ1n) is 6.84. The Balaban J connectivity index is 2.01. The molecule has 1 N–H and O–H groups in total. The number of nitrogens with zero attached hydrogens (tertiary/aromatic N) is 2. The van der Waals surface area contributed by atoms with Crippen LogP contribution in [0, 0.1) is 0 Å². The van der Waals surface area contributed by atoms with Gasteiger partial charge in [-0.3, -0.25) is 4.90 Å². The first kappa shape index (κ1) is 12.3. The normalized spacial score (nSPS) is 38.8. The molecule has 3 nitrogen and oxygen atoms in total. The highest BCUT2D eigenvalue weighted by molar-refractivity contribution is 4.92. The molecule has 0 amide bonds. The number of likely N-dealkylation sites (N-methyl/N-ethyl adjacent to an activating group) is 2. The van der Waals surface area contributed by atoms with Crippen LogP contribution in [-0.2, 0) is 0 Å². The van der Waals surface area contributed by atoms with Crippen molar-refractivity contribution in [3.8, 4) is 0 Å². The van der Waals surface area contributed by atoms with Gasteiger partial charge in [-0.2, -0.15) is 0 Å². The van der Waals surface area contributed by atoms with Crippen molar-refractivity contribution in [1.29, 1.82) is 0 Å². The van der Waals surface area contributed by atoms with Crippen molar-refractivity contribution < 1.29 is 0 Å². The molecule has 3 heteroatoms. The summed E-state index contributed by atoms with van der Waals surface area (Å²) in [6.45, 7) is 6.17. The van der Waals surface area contributed by atoms with Crippen molar-refractivity contribution in [3.05, 3.63) is 0 Å². The largest absolute Gasteiger partial charge is 0.315 e. The predicted molar refractivity (Wildman–Crippen MR) is 68.8 cm³/mol. The zero-order chi connectivity index (χ0) is 11.5. The molecule has 0 aromatic rings. The SMILES string of the molecule is CNC1CCCC1N1CCCN(C)CC1C. The first-order valence-corrected chi connectivity index (χ1v) is 6.84. The maximum Gasteiger partial charge on any atom is 0.0252 e. The van der Waals surface area contributed by atoms with Crippen molar-refractivity contribution in [2.75, 3.05) is 33.7 Å². The van der Waals surface area contributed by atoms with Gasteiger partial charge in [0, 0.05) is 31.2 Å². The molecule has 1 aliphatic carbocycles. The Labute approximate surface area is 100 Å². The molecule has 0 spiro atoms. The number of nitrogens with one attached hydrogen (secondary N) is 1. The molecule has 3 unspecified atom stereocenters. The lowest BCUT2D eigenvalue weighted by atomic mass is 10.1. The molecule has 2 fully saturated rings. The molecule has 94 valence electrons. The summed E-state index contributed by atoms with van der Waals surface area (Å²) in [5, 5.41) is 3.51. The molecule has 0 radical (unpaired) electrons. The van der Waals surface area contributed by atoms with Crippen molar-refractivity contribution in [1.82, 2.24) is 15.1 Å². The summed E-state index contributed by atoms with van der Waals surface area (Å²) in [6, 6.07) is 2.23. The Morgan fingerprint density at radius 1 is 1.12 bits per heavy atom. The average molecular weight is 225 g/mol. The standard InChI is InChI=1S/C13H27N3/c1-11-10-15(3)8-5-9-16(11)13-7-4-6-12(13)14-2/h11-14H,4-10H2,1-3H3. The highest BCUT2D eigenvalue weighted by Crippen LogP contribution is 2.27. The van der Waals surface area contributed by atoms with Gasteiger partial charge in [0.1, 0.15) is 0 Å². The van der Waals surface area contributed by atoms with E-state index in [1.807, 2.05) is 0 Å². The third-order valence-corrected chi connectivity index (χ3v) is 4.37. The van der Waals surface area contributed by atoms with E-state index in [-0.39, 0.29) is 0 Å². The van der Waals surface area contributed by atoms with Crippen LogP contribution in [0.2, 0.25) is 0 Å². The van der Waals surface area contributed by atoms with E-state index in [0.29, 0.717) is 6.04 Å². The molecule has 1 heterocycles. The molecule has 0 aromatic carbocycles. The minimum atomic E-state index is 0.714. The van der Waals surface area contributed by atoms with E-state index in [9.17, 15) is 0 Å². The summed E-state index contributed by atoms with van der Waals surface area (Å²) < 4.78 is 0. The Hall–Kier alpha value is -0.120. The lowest BCUT2D eigenvalue weighted by Gasteiger charge is -2.36. The Morgan fingerprint density at radius 3 is 2.69 bits per heavy atom. The summed E-state index contributed by atoms with van der Waals surface area (Å²) in [5.74, 6) is 0. The third-order valence-electron chi connectivity index (χ3n) is 4.37. The van der Waals surface area contributed by atoms with Crippen LogP contribution in [0.5, 0.6) is 0 Å². The molecule has 16 heavy (non-hydrogen) atoms. The van der Waals surface area contributed by atoms with Gasteiger partial charge in [-0.15, -0.1) is 0 Å². The number of hydrogen-bond acceptors (Lipinski definition) is 3. The van der Waals surface area contributed by atoms with Crippen LogP contribution in [-0.4, -0.2) is 61.7 Å². The highest BCUT2D eigenvalue weighted by Gasteiger charge is 2.34. The van der Waals surface area contributed by atoms with Gasteiger partial charge < -0.3 is 10.2 Å². The lowest BCUT2D eigenvalue weighted by molar-refractivity contribution is 0.127. The van der Waals surface area contributed by atoms with Crippen molar-refractivity contribution in [2.24, 2.45) is 0 Å². The van der Waals surface area contributed by atoms with Gasteiger partial charge in [-0.25, -0.2) is 0 Å². The third kappa shape index (κ3) is 2.58. The second-order valence-electron chi connectivity index (χ2n) is 5.60. The minimum Gasteiger partial charge on any atom is -0.315 e. The van der Waals surface area contributed by atoms with Gasteiger partial charge in [-0.1, -0.05) is 6.42 Å².